The fourth-order valence-corrected chi connectivity index (χ4v) is 3.48. The van der Waals surface area contributed by atoms with Gasteiger partial charge in [-0.05, 0) is 30.5 Å². The van der Waals surface area contributed by atoms with Crippen LogP contribution in [0.15, 0.2) is 48.5 Å². The summed E-state index contributed by atoms with van der Waals surface area (Å²) in [6.45, 7) is 4.46. The lowest BCUT2D eigenvalue weighted by Gasteiger charge is -2.15. The first-order valence-electron chi connectivity index (χ1n) is 8.48. The largest absolute Gasteiger partial charge is 0.477 e. The Morgan fingerprint density at radius 2 is 1.88 bits per heavy atom. The number of aryl methyl sites for hydroxylation is 1. The summed E-state index contributed by atoms with van der Waals surface area (Å²) in [5.41, 5.74) is 8.14. The van der Waals surface area contributed by atoms with E-state index < -0.39 is 0 Å². The van der Waals surface area contributed by atoms with E-state index in [0.717, 1.165) is 34.4 Å². The van der Waals surface area contributed by atoms with E-state index in [4.69, 9.17) is 9.72 Å². The Hall–Kier alpha value is -3.12. The number of pyridine rings is 1. The molecule has 1 heterocycles. The van der Waals surface area contributed by atoms with E-state index >= 15 is 0 Å². The van der Waals surface area contributed by atoms with Crippen LogP contribution in [0.5, 0.6) is 5.88 Å². The molecule has 0 spiro atoms. The summed E-state index contributed by atoms with van der Waals surface area (Å²) in [4.78, 5) is 4.71. The summed E-state index contributed by atoms with van der Waals surface area (Å²) in [6, 6.07) is 18.9. The van der Waals surface area contributed by atoms with Gasteiger partial charge in [0.05, 0.1) is 12.3 Å². The van der Waals surface area contributed by atoms with Gasteiger partial charge >= 0.3 is 0 Å². The quantitative estimate of drug-likeness (QED) is 0.538. The number of nitriles is 1. The summed E-state index contributed by atoms with van der Waals surface area (Å²) in [5.74, 6) is 0.427. The summed E-state index contributed by atoms with van der Waals surface area (Å²) < 4.78 is 5.72. The number of hydrogen-bond acceptors (Lipinski definition) is 3. The highest BCUT2D eigenvalue weighted by Gasteiger charge is 2.28. The first-order chi connectivity index (χ1) is 12.2. The van der Waals surface area contributed by atoms with Gasteiger partial charge in [0.1, 0.15) is 11.6 Å². The molecule has 122 valence electrons. The van der Waals surface area contributed by atoms with Gasteiger partial charge in [0.15, 0.2) is 0 Å². The van der Waals surface area contributed by atoms with Crippen molar-refractivity contribution in [3.05, 3.63) is 70.8 Å². The molecule has 0 saturated carbocycles. The lowest BCUT2D eigenvalue weighted by Crippen LogP contribution is -2.03. The van der Waals surface area contributed by atoms with Gasteiger partial charge in [-0.25, -0.2) is 4.98 Å². The van der Waals surface area contributed by atoms with Crippen LogP contribution < -0.4 is 4.74 Å². The SMILES string of the molecule is CCOc1nc2c(c(-c3ccc(C)cc3)c1C#N)Cc1ccccc1-2. The van der Waals surface area contributed by atoms with Gasteiger partial charge in [-0.15, -0.1) is 0 Å². The number of benzene rings is 2. The maximum Gasteiger partial charge on any atom is 0.232 e. The van der Waals surface area contributed by atoms with Gasteiger partial charge in [-0.2, -0.15) is 5.26 Å². The normalized spacial score (nSPS) is 11.6. The zero-order valence-electron chi connectivity index (χ0n) is 14.3. The zero-order valence-corrected chi connectivity index (χ0v) is 14.3. The van der Waals surface area contributed by atoms with Crippen LogP contribution in [0.2, 0.25) is 0 Å². The van der Waals surface area contributed by atoms with Crippen molar-refractivity contribution in [3.63, 3.8) is 0 Å². The third-order valence-corrected chi connectivity index (χ3v) is 4.64. The van der Waals surface area contributed by atoms with Gasteiger partial charge in [-0.3, -0.25) is 0 Å². The first-order valence-corrected chi connectivity index (χ1v) is 8.48. The van der Waals surface area contributed by atoms with E-state index in [1.54, 1.807) is 0 Å². The van der Waals surface area contributed by atoms with Crippen molar-refractivity contribution in [1.29, 1.82) is 5.26 Å². The van der Waals surface area contributed by atoms with Crippen LogP contribution in [0.1, 0.15) is 29.2 Å². The van der Waals surface area contributed by atoms with Crippen LogP contribution in [0.3, 0.4) is 0 Å². The van der Waals surface area contributed by atoms with Crippen molar-refractivity contribution >= 4 is 0 Å². The molecule has 0 radical (unpaired) electrons. The zero-order chi connectivity index (χ0) is 17.4. The molecule has 0 fully saturated rings. The Labute approximate surface area is 147 Å². The lowest BCUT2D eigenvalue weighted by molar-refractivity contribution is 0.326. The molecule has 4 rings (SSSR count). The number of fused-ring (bicyclic) bond motifs is 3. The monoisotopic (exact) mass is 326 g/mol. The summed E-state index contributed by atoms with van der Waals surface area (Å²) in [7, 11) is 0. The first kappa shape index (κ1) is 15.4. The third kappa shape index (κ3) is 2.47. The summed E-state index contributed by atoms with van der Waals surface area (Å²) in [6.07, 6.45) is 0.794. The summed E-state index contributed by atoms with van der Waals surface area (Å²) >= 11 is 0. The molecule has 0 saturated heterocycles. The van der Waals surface area contributed by atoms with Gasteiger partial charge < -0.3 is 4.74 Å². The minimum atomic E-state index is 0.427. The topological polar surface area (TPSA) is 45.9 Å². The van der Waals surface area contributed by atoms with Crippen molar-refractivity contribution in [2.75, 3.05) is 6.61 Å². The maximum atomic E-state index is 9.82. The molecule has 3 heteroatoms. The van der Waals surface area contributed by atoms with Crippen LogP contribution in [0.25, 0.3) is 22.4 Å². The molecular weight excluding hydrogens is 308 g/mol. The second-order valence-corrected chi connectivity index (χ2v) is 6.24. The molecule has 1 aromatic heterocycles. The smallest absolute Gasteiger partial charge is 0.232 e. The number of rotatable bonds is 3. The fourth-order valence-electron chi connectivity index (χ4n) is 3.48. The Morgan fingerprint density at radius 3 is 2.60 bits per heavy atom. The molecule has 1 aliphatic carbocycles. The molecular formula is C22H18N2O. The molecule has 1 aliphatic rings. The van der Waals surface area contributed by atoms with E-state index in [1.807, 2.05) is 19.1 Å². The Kier molecular flexibility index (Phi) is 3.74. The maximum absolute atomic E-state index is 9.82. The van der Waals surface area contributed by atoms with E-state index in [1.165, 1.54) is 11.1 Å². The van der Waals surface area contributed by atoms with Crippen molar-refractivity contribution in [2.45, 2.75) is 20.3 Å². The van der Waals surface area contributed by atoms with Crippen LogP contribution in [0.4, 0.5) is 0 Å². The average molecular weight is 326 g/mol. The van der Waals surface area contributed by atoms with Crippen molar-refractivity contribution in [1.82, 2.24) is 4.98 Å². The Bertz CT molecular complexity index is 998. The predicted molar refractivity (Wildman–Crippen MR) is 98.5 cm³/mol. The highest BCUT2D eigenvalue weighted by atomic mass is 16.5. The molecule has 0 aliphatic heterocycles. The van der Waals surface area contributed by atoms with Gasteiger partial charge in [0.2, 0.25) is 5.88 Å². The molecule has 0 bridgehead atoms. The van der Waals surface area contributed by atoms with Crippen molar-refractivity contribution in [3.8, 4) is 34.3 Å². The summed E-state index contributed by atoms with van der Waals surface area (Å²) in [5, 5.41) is 9.82. The number of hydrogen-bond donors (Lipinski definition) is 0. The second kappa shape index (κ2) is 6.07. The van der Waals surface area contributed by atoms with E-state index in [0.29, 0.717) is 18.1 Å². The molecule has 3 aromatic rings. The van der Waals surface area contributed by atoms with Gasteiger partial charge in [0, 0.05) is 17.5 Å². The van der Waals surface area contributed by atoms with Crippen LogP contribution in [-0.4, -0.2) is 11.6 Å². The molecule has 0 unspecified atom stereocenters. The number of ether oxygens (including phenoxy) is 1. The molecule has 2 aromatic carbocycles. The van der Waals surface area contributed by atoms with Gasteiger partial charge in [0.25, 0.3) is 0 Å². The van der Waals surface area contributed by atoms with E-state index in [2.05, 4.69) is 49.4 Å². The minimum absolute atomic E-state index is 0.427. The molecule has 3 nitrogen and oxygen atoms in total. The lowest BCUT2D eigenvalue weighted by atomic mass is 9.94. The van der Waals surface area contributed by atoms with Crippen LogP contribution >= 0.6 is 0 Å². The third-order valence-electron chi connectivity index (χ3n) is 4.64. The molecule has 0 amide bonds. The number of aromatic nitrogens is 1. The van der Waals surface area contributed by atoms with Crippen LogP contribution in [0, 0.1) is 18.3 Å². The number of nitrogens with zero attached hydrogens (tertiary/aromatic N) is 2. The van der Waals surface area contributed by atoms with E-state index in [-0.39, 0.29) is 0 Å². The minimum Gasteiger partial charge on any atom is -0.477 e. The highest BCUT2D eigenvalue weighted by molar-refractivity contribution is 5.86. The molecule has 0 N–H and O–H groups in total. The average Bonchev–Trinajstić information content (AvgIpc) is 3.00. The van der Waals surface area contributed by atoms with Gasteiger partial charge in [-0.1, -0.05) is 54.1 Å². The van der Waals surface area contributed by atoms with E-state index in [9.17, 15) is 5.26 Å². The van der Waals surface area contributed by atoms with Crippen molar-refractivity contribution in [2.24, 2.45) is 0 Å². The predicted octanol–water partition coefficient (Wildman–Crippen LogP) is 4.90. The standard InChI is InChI=1S/C22H18N2O/c1-3-25-22-19(13-23)20(15-10-8-14(2)9-11-15)18-12-16-6-4-5-7-17(16)21(18)24-22/h4-11H,3,12H2,1-2H3. The van der Waals surface area contributed by atoms with Crippen LogP contribution in [-0.2, 0) is 6.42 Å². The second-order valence-electron chi connectivity index (χ2n) is 6.24. The Morgan fingerprint density at radius 1 is 1.12 bits per heavy atom. The Balaban J connectivity index is 2.04. The highest BCUT2D eigenvalue weighted by Crippen LogP contribution is 2.44. The molecule has 25 heavy (non-hydrogen) atoms. The van der Waals surface area contributed by atoms with Crippen molar-refractivity contribution < 1.29 is 4.74 Å². The fraction of sp³-hybridized carbons (Fsp3) is 0.182. The molecule has 0 atom stereocenters.